The molecule has 0 radical (unpaired) electrons. The lowest BCUT2D eigenvalue weighted by Crippen LogP contribution is -2.27. The summed E-state index contributed by atoms with van der Waals surface area (Å²) in [4.78, 5) is 4.39. The van der Waals surface area contributed by atoms with Crippen LogP contribution in [0.3, 0.4) is 0 Å². The number of nitrogens with zero attached hydrogens (tertiary/aromatic N) is 2. The molecule has 0 aliphatic carbocycles. The molecule has 0 bridgehead atoms. The van der Waals surface area contributed by atoms with Gasteiger partial charge in [-0.2, -0.15) is 9.71 Å². The molecule has 0 amide bonds. The molecular formula is C19H22N4O5S2. The summed E-state index contributed by atoms with van der Waals surface area (Å²) in [5.41, 5.74) is 1.97. The van der Waals surface area contributed by atoms with Crippen molar-refractivity contribution < 1.29 is 21.4 Å². The van der Waals surface area contributed by atoms with Gasteiger partial charge in [0, 0.05) is 11.3 Å². The molecule has 30 heavy (non-hydrogen) atoms. The third-order valence-corrected chi connectivity index (χ3v) is 7.14. The molecule has 0 saturated carbocycles. The number of hydrogen-bond donors (Lipinski definition) is 2. The van der Waals surface area contributed by atoms with Crippen LogP contribution in [0.25, 0.3) is 11.4 Å². The second kappa shape index (κ2) is 8.54. The number of aromatic nitrogens is 2. The maximum atomic E-state index is 12.5. The largest absolute Gasteiger partial charge is 0.337 e. The Morgan fingerprint density at radius 2 is 1.63 bits per heavy atom. The molecular weight excluding hydrogens is 428 g/mol. The lowest BCUT2D eigenvalue weighted by atomic mass is 10.2. The van der Waals surface area contributed by atoms with Crippen molar-refractivity contribution in [3.8, 4) is 11.4 Å². The van der Waals surface area contributed by atoms with E-state index in [2.05, 4.69) is 19.6 Å². The van der Waals surface area contributed by atoms with Crippen LogP contribution in [0.5, 0.6) is 0 Å². The van der Waals surface area contributed by atoms with Gasteiger partial charge < -0.3 is 4.52 Å². The first-order valence-electron chi connectivity index (χ1n) is 9.13. The number of rotatable bonds is 8. The number of sulfonamides is 2. The zero-order valence-corrected chi connectivity index (χ0v) is 18.3. The van der Waals surface area contributed by atoms with Crippen molar-refractivity contribution in [2.45, 2.75) is 31.7 Å². The Labute approximate surface area is 175 Å². The quantitative estimate of drug-likeness (QED) is 0.539. The highest BCUT2D eigenvalue weighted by atomic mass is 32.2. The van der Waals surface area contributed by atoms with Gasteiger partial charge in [0.05, 0.1) is 16.7 Å². The lowest BCUT2D eigenvalue weighted by molar-refractivity contribution is 0.354. The monoisotopic (exact) mass is 450 g/mol. The van der Waals surface area contributed by atoms with Gasteiger partial charge in [-0.25, -0.2) is 16.8 Å². The highest BCUT2D eigenvalue weighted by Crippen LogP contribution is 2.22. The lowest BCUT2D eigenvalue weighted by Gasteiger charge is -2.10. The van der Waals surface area contributed by atoms with Crippen LogP contribution in [0.2, 0.25) is 0 Å². The van der Waals surface area contributed by atoms with E-state index in [1.54, 1.807) is 50.2 Å². The maximum absolute atomic E-state index is 12.5. The summed E-state index contributed by atoms with van der Waals surface area (Å²) in [6, 6.07) is 12.2. The summed E-state index contributed by atoms with van der Waals surface area (Å²) in [6.45, 7) is 5.02. The number of hydrogen-bond acceptors (Lipinski definition) is 7. The molecule has 2 N–H and O–H groups in total. The Morgan fingerprint density at radius 3 is 2.23 bits per heavy atom. The minimum absolute atomic E-state index is 0.0284. The fourth-order valence-corrected chi connectivity index (χ4v) is 4.37. The molecule has 0 saturated heterocycles. The van der Waals surface area contributed by atoms with Crippen LogP contribution in [0.4, 0.5) is 5.69 Å². The van der Waals surface area contributed by atoms with Gasteiger partial charge in [0.2, 0.25) is 31.8 Å². The van der Waals surface area contributed by atoms with Crippen molar-refractivity contribution in [2.24, 2.45) is 0 Å². The third-order valence-electron chi connectivity index (χ3n) is 4.27. The van der Waals surface area contributed by atoms with E-state index < -0.39 is 26.1 Å². The van der Waals surface area contributed by atoms with Gasteiger partial charge in [-0.1, -0.05) is 22.9 Å². The van der Waals surface area contributed by atoms with Gasteiger partial charge in [-0.15, -0.1) is 0 Å². The third kappa shape index (κ3) is 5.23. The van der Waals surface area contributed by atoms with Crippen molar-refractivity contribution >= 4 is 25.7 Å². The molecule has 1 heterocycles. The van der Waals surface area contributed by atoms with E-state index >= 15 is 0 Å². The first-order chi connectivity index (χ1) is 14.1. The molecule has 1 atom stereocenters. The minimum Gasteiger partial charge on any atom is -0.337 e. The van der Waals surface area contributed by atoms with Gasteiger partial charge in [-0.05, 0) is 57.2 Å². The highest BCUT2D eigenvalue weighted by molar-refractivity contribution is 7.92. The molecule has 3 aromatic rings. The van der Waals surface area contributed by atoms with E-state index in [0.717, 1.165) is 5.56 Å². The van der Waals surface area contributed by atoms with E-state index in [4.69, 9.17) is 4.52 Å². The summed E-state index contributed by atoms with van der Waals surface area (Å²) in [5.74, 6) is 0.340. The summed E-state index contributed by atoms with van der Waals surface area (Å²) in [6.07, 6.45) is 0. The van der Waals surface area contributed by atoms with Gasteiger partial charge >= 0.3 is 0 Å². The SMILES string of the molecule is CCS(=O)(=O)Nc1ccc(-c2noc(C(C)NS(=O)(=O)c3ccc(C)cc3)n2)cc1. The first-order valence-corrected chi connectivity index (χ1v) is 12.3. The Balaban J connectivity index is 1.73. The van der Waals surface area contributed by atoms with Crippen molar-refractivity contribution in [1.82, 2.24) is 14.9 Å². The van der Waals surface area contributed by atoms with Gasteiger partial charge in [0.15, 0.2) is 0 Å². The van der Waals surface area contributed by atoms with Crippen molar-refractivity contribution in [1.29, 1.82) is 0 Å². The molecule has 11 heteroatoms. The number of anilines is 1. The van der Waals surface area contributed by atoms with Gasteiger partial charge in [0.25, 0.3) is 0 Å². The van der Waals surface area contributed by atoms with Gasteiger partial charge in [-0.3, -0.25) is 4.72 Å². The normalized spacial score (nSPS) is 13.2. The van der Waals surface area contributed by atoms with Crippen LogP contribution in [-0.2, 0) is 20.0 Å². The van der Waals surface area contributed by atoms with E-state index in [1.807, 2.05) is 6.92 Å². The van der Waals surface area contributed by atoms with E-state index in [9.17, 15) is 16.8 Å². The number of benzene rings is 2. The summed E-state index contributed by atoms with van der Waals surface area (Å²) < 4.78 is 58.5. The zero-order valence-electron chi connectivity index (χ0n) is 16.7. The molecule has 1 aromatic heterocycles. The topological polar surface area (TPSA) is 131 Å². The molecule has 0 spiro atoms. The molecule has 2 aromatic carbocycles. The van der Waals surface area contributed by atoms with Gasteiger partial charge in [0.1, 0.15) is 0 Å². The van der Waals surface area contributed by atoms with Crippen molar-refractivity contribution in [3.05, 3.63) is 60.0 Å². The molecule has 0 aliphatic rings. The van der Waals surface area contributed by atoms with Crippen molar-refractivity contribution in [2.75, 3.05) is 10.5 Å². The Kier molecular flexibility index (Phi) is 6.25. The number of nitrogens with one attached hydrogen (secondary N) is 2. The molecule has 9 nitrogen and oxygen atoms in total. The summed E-state index contributed by atoms with van der Waals surface area (Å²) >= 11 is 0. The molecule has 3 rings (SSSR count). The van der Waals surface area contributed by atoms with E-state index in [-0.39, 0.29) is 22.4 Å². The van der Waals surface area contributed by atoms with Crippen LogP contribution in [-0.4, -0.2) is 32.7 Å². The highest BCUT2D eigenvalue weighted by Gasteiger charge is 2.22. The predicted molar refractivity (Wildman–Crippen MR) is 113 cm³/mol. The molecule has 1 unspecified atom stereocenters. The van der Waals surface area contributed by atoms with Crippen LogP contribution in [0.1, 0.15) is 31.3 Å². The average Bonchev–Trinajstić information content (AvgIpc) is 3.19. The fraction of sp³-hybridized carbons (Fsp3) is 0.263. The predicted octanol–water partition coefficient (Wildman–Crippen LogP) is 2.85. The summed E-state index contributed by atoms with van der Waals surface area (Å²) in [7, 11) is -7.11. The smallest absolute Gasteiger partial charge is 0.244 e. The van der Waals surface area contributed by atoms with Crippen LogP contribution in [0.15, 0.2) is 57.9 Å². The Hall–Kier alpha value is -2.76. The van der Waals surface area contributed by atoms with E-state index in [0.29, 0.717) is 11.3 Å². The second-order valence-corrected chi connectivity index (χ2v) is 10.4. The van der Waals surface area contributed by atoms with Crippen LogP contribution < -0.4 is 9.44 Å². The average molecular weight is 451 g/mol. The second-order valence-electron chi connectivity index (χ2n) is 6.70. The maximum Gasteiger partial charge on any atom is 0.244 e. The first kappa shape index (κ1) is 21.9. The standard InChI is InChI=1S/C19H22N4O5S2/c1-4-29(24,25)23-16-9-7-15(8-10-16)18-20-19(28-21-18)14(3)22-30(26,27)17-11-5-13(2)6-12-17/h5-12,14,22-23H,4H2,1-3H3. The van der Waals surface area contributed by atoms with Crippen LogP contribution >= 0.6 is 0 Å². The molecule has 0 fully saturated rings. The Morgan fingerprint density at radius 1 is 1.00 bits per heavy atom. The fourth-order valence-electron chi connectivity index (χ4n) is 2.54. The van der Waals surface area contributed by atoms with Crippen molar-refractivity contribution in [3.63, 3.8) is 0 Å². The van der Waals surface area contributed by atoms with E-state index in [1.165, 1.54) is 12.1 Å². The molecule has 0 aliphatic heterocycles. The Bertz CT molecular complexity index is 1220. The molecule has 160 valence electrons. The minimum atomic E-state index is -3.75. The van der Waals surface area contributed by atoms with Crippen LogP contribution in [0, 0.1) is 6.92 Å². The zero-order chi connectivity index (χ0) is 21.9. The number of aryl methyl sites for hydroxylation is 1. The summed E-state index contributed by atoms with van der Waals surface area (Å²) in [5, 5.41) is 3.88.